The van der Waals surface area contributed by atoms with E-state index in [0.717, 1.165) is 31.6 Å². The molecule has 2 aromatic rings. The van der Waals surface area contributed by atoms with Gasteiger partial charge in [-0.1, -0.05) is 18.2 Å². The molecule has 0 aliphatic carbocycles. The number of likely N-dealkylation sites (tertiary alicyclic amines) is 1. The summed E-state index contributed by atoms with van der Waals surface area (Å²) in [5.74, 6) is 0.520. The van der Waals surface area contributed by atoms with Gasteiger partial charge in [-0.25, -0.2) is 4.98 Å². The highest BCUT2D eigenvalue weighted by molar-refractivity contribution is 5.95. The number of para-hydroxylation sites is 1. The molecule has 1 aliphatic rings. The first-order valence-corrected chi connectivity index (χ1v) is 8.46. The normalized spacial score (nSPS) is 15.1. The van der Waals surface area contributed by atoms with E-state index in [4.69, 9.17) is 4.74 Å². The number of benzene rings is 1. The van der Waals surface area contributed by atoms with Crippen molar-refractivity contribution in [3.05, 3.63) is 54.4 Å². The number of carbonyl (C=O) groups is 1. The number of hydrogen-bond donors (Lipinski definition) is 1. The number of anilines is 1. The lowest BCUT2D eigenvalue weighted by atomic mass is 10.0. The Morgan fingerprint density at radius 2 is 1.96 bits per heavy atom. The fourth-order valence-corrected chi connectivity index (χ4v) is 2.97. The maximum absolute atomic E-state index is 12.7. The molecular formula is C19H23N3O2. The van der Waals surface area contributed by atoms with Gasteiger partial charge in [0.2, 0.25) is 0 Å². The SMILES string of the molecule is CCOc1cccnc1C(=O)N1CCC(Nc2ccccc2)CC1. The lowest BCUT2D eigenvalue weighted by molar-refractivity contribution is 0.0708. The van der Waals surface area contributed by atoms with Crippen molar-refractivity contribution >= 4 is 11.6 Å². The molecule has 1 aliphatic heterocycles. The predicted octanol–water partition coefficient (Wildman–Crippen LogP) is 3.20. The van der Waals surface area contributed by atoms with Crippen LogP contribution in [-0.4, -0.2) is 41.5 Å². The average molecular weight is 325 g/mol. The van der Waals surface area contributed by atoms with E-state index >= 15 is 0 Å². The Bertz CT molecular complexity index is 667. The molecule has 5 nitrogen and oxygen atoms in total. The van der Waals surface area contributed by atoms with Crippen molar-refractivity contribution in [1.29, 1.82) is 0 Å². The predicted molar refractivity (Wildman–Crippen MR) is 94.4 cm³/mol. The number of nitrogens with one attached hydrogen (secondary N) is 1. The van der Waals surface area contributed by atoms with Crippen LogP contribution in [0.5, 0.6) is 5.75 Å². The molecular weight excluding hydrogens is 302 g/mol. The van der Waals surface area contributed by atoms with Gasteiger partial charge >= 0.3 is 0 Å². The number of rotatable bonds is 5. The van der Waals surface area contributed by atoms with Crippen LogP contribution in [-0.2, 0) is 0 Å². The summed E-state index contributed by atoms with van der Waals surface area (Å²) in [4.78, 5) is 18.8. The van der Waals surface area contributed by atoms with Gasteiger partial charge in [0.25, 0.3) is 5.91 Å². The summed E-state index contributed by atoms with van der Waals surface area (Å²) >= 11 is 0. The monoisotopic (exact) mass is 325 g/mol. The van der Waals surface area contributed by atoms with Crippen LogP contribution in [0.3, 0.4) is 0 Å². The summed E-state index contributed by atoms with van der Waals surface area (Å²) in [6, 6.07) is 14.2. The molecule has 1 amide bonds. The molecule has 0 bridgehead atoms. The minimum atomic E-state index is -0.0442. The first-order valence-electron chi connectivity index (χ1n) is 8.46. The van der Waals surface area contributed by atoms with Crippen molar-refractivity contribution in [3.63, 3.8) is 0 Å². The second-order valence-corrected chi connectivity index (χ2v) is 5.86. The molecule has 0 saturated carbocycles. The molecule has 1 aromatic carbocycles. The van der Waals surface area contributed by atoms with Crippen molar-refractivity contribution in [2.45, 2.75) is 25.8 Å². The molecule has 3 rings (SSSR count). The highest BCUT2D eigenvalue weighted by atomic mass is 16.5. The fourth-order valence-electron chi connectivity index (χ4n) is 2.97. The van der Waals surface area contributed by atoms with Gasteiger partial charge in [0, 0.05) is 31.0 Å². The summed E-state index contributed by atoms with van der Waals surface area (Å²) in [5.41, 5.74) is 1.54. The molecule has 1 saturated heterocycles. The van der Waals surface area contributed by atoms with Gasteiger partial charge in [-0.2, -0.15) is 0 Å². The van der Waals surface area contributed by atoms with Crippen LogP contribution in [0.25, 0.3) is 0 Å². The molecule has 0 unspecified atom stereocenters. The highest BCUT2D eigenvalue weighted by Crippen LogP contribution is 2.21. The smallest absolute Gasteiger partial charge is 0.276 e. The minimum Gasteiger partial charge on any atom is -0.491 e. The van der Waals surface area contributed by atoms with E-state index in [1.807, 2.05) is 30.0 Å². The van der Waals surface area contributed by atoms with Crippen molar-refractivity contribution in [2.24, 2.45) is 0 Å². The summed E-state index contributed by atoms with van der Waals surface area (Å²) in [6.45, 7) is 3.88. The first kappa shape index (κ1) is 16.3. The van der Waals surface area contributed by atoms with Crippen molar-refractivity contribution in [1.82, 2.24) is 9.88 Å². The van der Waals surface area contributed by atoms with Crippen LogP contribution < -0.4 is 10.1 Å². The second kappa shape index (κ2) is 7.81. The van der Waals surface area contributed by atoms with Gasteiger partial charge < -0.3 is 15.0 Å². The van der Waals surface area contributed by atoms with Crippen LogP contribution in [0.4, 0.5) is 5.69 Å². The quantitative estimate of drug-likeness (QED) is 0.917. The third-order valence-electron chi connectivity index (χ3n) is 4.20. The maximum atomic E-state index is 12.7. The summed E-state index contributed by atoms with van der Waals surface area (Å²) in [6.07, 6.45) is 3.49. The molecule has 1 N–H and O–H groups in total. The lowest BCUT2D eigenvalue weighted by Crippen LogP contribution is -2.42. The van der Waals surface area contributed by atoms with Gasteiger partial charge in [0.05, 0.1) is 6.61 Å². The van der Waals surface area contributed by atoms with E-state index in [0.29, 0.717) is 24.1 Å². The number of hydrogen-bond acceptors (Lipinski definition) is 4. The minimum absolute atomic E-state index is 0.0442. The molecule has 2 heterocycles. The van der Waals surface area contributed by atoms with Crippen LogP contribution in [0, 0.1) is 0 Å². The zero-order chi connectivity index (χ0) is 16.8. The van der Waals surface area contributed by atoms with E-state index < -0.39 is 0 Å². The van der Waals surface area contributed by atoms with E-state index in [2.05, 4.69) is 22.4 Å². The van der Waals surface area contributed by atoms with E-state index in [1.54, 1.807) is 18.3 Å². The van der Waals surface area contributed by atoms with Crippen molar-refractivity contribution < 1.29 is 9.53 Å². The Morgan fingerprint density at radius 1 is 1.21 bits per heavy atom. The molecule has 0 radical (unpaired) electrons. The molecule has 1 aromatic heterocycles. The standard InChI is InChI=1S/C19H23N3O2/c1-2-24-17-9-6-12-20-18(17)19(23)22-13-10-16(11-14-22)21-15-7-4-3-5-8-15/h3-9,12,16,21H,2,10-11,13-14H2,1H3. The van der Waals surface area contributed by atoms with E-state index in [9.17, 15) is 4.79 Å². The number of aromatic nitrogens is 1. The molecule has 126 valence electrons. The number of ether oxygens (including phenoxy) is 1. The largest absolute Gasteiger partial charge is 0.491 e. The first-order chi connectivity index (χ1) is 11.8. The molecule has 0 atom stereocenters. The number of piperidine rings is 1. The second-order valence-electron chi connectivity index (χ2n) is 5.86. The Kier molecular flexibility index (Phi) is 5.31. The fraction of sp³-hybridized carbons (Fsp3) is 0.368. The van der Waals surface area contributed by atoms with Crippen LogP contribution in [0.2, 0.25) is 0 Å². The summed E-state index contributed by atoms with van der Waals surface area (Å²) in [5, 5.41) is 3.53. The summed E-state index contributed by atoms with van der Waals surface area (Å²) < 4.78 is 5.53. The zero-order valence-electron chi connectivity index (χ0n) is 13.9. The van der Waals surface area contributed by atoms with E-state index in [-0.39, 0.29) is 5.91 Å². The van der Waals surface area contributed by atoms with Crippen molar-refractivity contribution in [2.75, 3.05) is 25.0 Å². The van der Waals surface area contributed by atoms with Gasteiger partial charge in [-0.05, 0) is 44.0 Å². The number of carbonyl (C=O) groups excluding carboxylic acids is 1. The number of nitrogens with zero attached hydrogens (tertiary/aromatic N) is 2. The number of pyridine rings is 1. The zero-order valence-corrected chi connectivity index (χ0v) is 13.9. The van der Waals surface area contributed by atoms with Gasteiger partial charge in [0.15, 0.2) is 11.4 Å². The van der Waals surface area contributed by atoms with E-state index in [1.165, 1.54) is 0 Å². The third kappa shape index (κ3) is 3.85. The van der Waals surface area contributed by atoms with Crippen molar-refractivity contribution in [3.8, 4) is 5.75 Å². The maximum Gasteiger partial charge on any atom is 0.276 e. The third-order valence-corrected chi connectivity index (χ3v) is 4.20. The Hall–Kier alpha value is -2.56. The van der Waals surface area contributed by atoms with Gasteiger partial charge in [0.1, 0.15) is 0 Å². The highest BCUT2D eigenvalue weighted by Gasteiger charge is 2.26. The number of amides is 1. The Labute approximate surface area is 142 Å². The Morgan fingerprint density at radius 3 is 2.67 bits per heavy atom. The van der Waals surface area contributed by atoms with Crippen LogP contribution in [0.1, 0.15) is 30.3 Å². The summed E-state index contributed by atoms with van der Waals surface area (Å²) in [7, 11) is 0. The topological polar surface area (TPSA) is 54.5 Å². The van der Waals surface area contributed by atoms with Crippen LogP contribution in [0.15, 0.2) is 48.7 Å². The Balaban J connectivity index is 1.59. The average Bonchev–Trinajstić information content (AvgIpc) is 2.63. The van der Waals surface area contributed by atoms with Gasteiger partial charge in [-0.3, -0.25) is 4.79 Å². The molecule has 0 spiro atoms. The van der Waals surface area contributed by atoms with Crippen LogP contribution >= 0.6 is 0 Å². The lowest BCUT2D eigenvalue weighted by Gasteiger charge is -2.33. The molecule has 5 heteroatoms. The molecule has 24 heavy (non-hydrogen) atoms. The molecule has 1 fully saturated rings. The van der Waals surface area contributed by atoms with Gasteiger partial charge in [-0.15, -0.1) is 0 Å².